The van der Waals surface area contributed by atoms with Crippen LogP contribution in [0.15, 0.2) is 18.2 Å². The van der Waals surface area contributed by atoms with E-state index < -0.39 is 0 Å². The maximum atomic E-state index is 11.5. The van der Waals surface area contributed by atoms with Gasteiger partial charge < -0.3 is 10.1 Å². The summed E-state index contributed by atoms with van der Waals surface area (Å²) in [5.41, 5.74) is 1.88. The molecule has 3 nitrogen and oxygen atoms in total. The molecule has 2 rings (SSSR count). The quantitative estimate of drug-likeness (QED) is 0.788. The number of carbonyl (C=O) groups excluding carboxylic acids is 1. The summed E-state index contributed by atoms with van der Waals surface area (Å²) in [5, 5.41) is 2.83. The van der Waals surface area contributed by atoms with Crippen LogP contribution >= 0.6 is 0 Å². The first-order chi connectivity index (χ1) is 7.81. The van der Waals surface area contributed by atoms with Crippen molar-refractivity contribution in [1.29, 1.82) is 0 Å². The molecule has 1 aliphatic rings. The molecule has 1 aromatic rings. The second kappa shape index (κ2) is 5.01. The van der Waals surface area contributed by atoms with Crippen LogP contribution in [0.4, 0.5) is 0 Å². The number of unbranched alkanes of at least 4 members (excludes halogenated alkanes) is 1. The lowest BCUT2D eigenvalue weighted by atomic mass is 10.0. The zero-order valence-electron chi connectivity index (χ0n) is 9.58. The van der Waals surface area contributed by atoms with Gasteiger partial charge in [-0.3, -0.25) is 4.79 Å². The summed E-state index contributed by atoms with van der Waals surface area (Å²) in [6.07, 6.45) is 3.09. The van der Waals surface area contributed by atoms with E-state index in [4.69, 9.17) is 4.74 Å². The first-order valence-electron chi connectivity index (χ1n) is 5.85. The van der Waals surface area contributed by atoms with Crippen LogP contribution in [0.25, 0.3) is 0 Å². The number of ether oxygens (including phenoxy) is 1. The molecule has 0 saturated heterocycles. The highest BCUT2D eigenvalue weighted by atomic mass is 16.5. The molecule has 0 unspecified atom stereocenters. The number of hydrogen-bond donors (Lipinski definition) is 1. The van der Waals surface area contributed by atoms with Gasteiger partial charge in [0, 0.05) is 12.1 Å². The maximum absolute atomic E-state index is 11.5. The third-order valence-corrected chi connectivity index (χ3v) is 2.77. The predicted octanol–water partition coefficient (Wildman–Crippen LogP) is 2.15. The Bertz CT molecular complexity index is 388. The van der Waals surface area contributed by atoms with Crippen LogP contribution < -0.4 is 10.1 Å². The molecule has 3 heteroatoms. The lowest BCUT2D eigenvalue weighted by Gasteiger charge is -2.17. The molecule has 0 spiro atoms. The van der Waals surface area contributed by atoms with Crippen molar-refractivity contribution < 1.29 is 9.53 Å². The Kier molecular flexibility index (Phi) is 3.44. The molecule has 1 amide bonds. The minimum Gasteiger partial charge on any atom is -0.494 e. The van der Waals surface area contributed by atoms with Crippen LogP contribution in [0.1, 0.15) is 35.7 Å². The number of nitrogens with one attached hydrogen (secondary N) is 1. The van der Waals surface area contributed by atoms with Gasteiger partial charge in [-0.15, -0.1) is 0 Å². The first-order valence-corrected chi connectivity index (χ1v) is 5.85. The molecule has 1 heterocycles. The summed E-state index contributed by atoms with van der Waals surface area (Å²) in [4.78, 5) is 11.5. The van der Waals surface area contributed by atoms with Crippen molar-refractivity contribution in [2.24, 2.45) is 0 Å². The Labute approximate surface area is 95.8 Å². The van der Waals surface area contributed by atoms with Crippen LogP contribution in [0, 0.1) is 0 Å². The minimum absolute atomic E-state index is 0.0290. The Morgan fingerprint density at radius 1 is 1.44 bits per heavy atom. The summed E-state index contributed by atoms with van der Waals surface area (Å²) >= 11 is 0. The molecule has 0 bridgehead atoms. The van der Waals surface area contributed by atoms with Gasteiger partial charge in [-0.1, -0.05) is 13.3 Å². The van der Waals surface area contributed by atoms with Crippen LogP contribution in [0.5, 0.6) is 5.75 Å². The molecular weight excluding hydrogens is 202 g/mol. The molecule has 0 aliphatic carbocycles. The minimum atomic E-state index is 0.0290. The molecule has 1 aromatic carbocycles. The average molecular weight is 219 g/mol. The summed E-state index contributed by atoms with van der Waals surface area (Å²) in [6.45, 7) is 3.62. The van der Waals surface area contributed by atoms with Crippen molar-refractivity contribution in [3.05, 3.63) is 29.3 Å². The fourth-order valence-electron chi connectivity index (χ4n) is 1.83. The third-order valence-electron chi connectivity index (χ3n) is 2.77. The number of rotatable bonds is 4. The highest BCUT2D eigenvalue weighted by Crippen LogP contribution is 2.20. The van der Waals surface area contributed by atoms with Gasteiger partial charge in [0.25, 0.3) is 5.91 Å². The van der Waals surface area contributed by atoms with Crippen molar-refractivity contribution in [2.75, 3.05) is 13.2 Å². The second-order valence-corrected chi connectivity index (χ2v) is 4.03. The number of hydrogen-bond acceptors (Lipinski definition) is 2. The average Bonchev–Trinajstić information content (AvgIpc) is 2.30. The van der Waals surface area contributed by atoms with Crippen LogP contribution in [0.3, 0.4) is 0 Å². The monoisotopic (exact) mass is 219 g/mol. The van der Waals surface area contributed by atoms with Crippen LogP contribution in [-0.2, 0) is 6.42 Å². The SMILES string of the molecule is CCCCOc1ccc2c(c1)CCNC2=O. The molecule has 1 aliphatic heterocycles. The van der Waals surface area contributed by atoms with Gasteiger partial charge in [-0.25, -0.2) is 0 Å². The first kappa shape index (κ1) is 11.0. The summed E-state index contributed by atoms with van der Waals surface area (Å²) < 4.78 is 5.62. The van der Waals surface area contributed by atoms with E-state index in [9.17, 15) is 4.79 Å². The van der Waals surface area contributed by atoms with Crippen molar-refractivity contribution in [1.82, 2.24) is 5.32 Å². The highest BCUT2D eigenvalue weighted by Gasteiger charge is 2.16. The van der Waals surface area contributed by atoms with Crippen LogP contribution in [-0.4, -0.2) is 19.1 Å². The molecule has 0 radical (unpaired) electrons. The van der Waals surface area contributed by atoms with Crippen molar-refractivity contribution >= 4 is 5.91 Å². The Balaban J connectivity index is 2.09. The fourth-order valence-corrected chi connectivity index (χ4v) is 1.83. The summed E-state index contributed by atoms with van der Waals surface area (Å²) in [7, 11) is 0. The molecule has 0 atom stereocenters. The van der Waals surface area contributed by atoms with Crippen molar-refractivity contribution in [3.8, 4) is 5.75 Å². The van der Waals surface area contributed by atoms with E-state index in [0.29, 0.717) is 0 Å². The van der Waals surface area contributed by atoms with E-state index in [0.717, 1.165) is 49.3 Å². The van der Waals surface area contributed by atoms with Gasteiger partial charge >= 0.3 is 0 Å². The normalized spacial score (nSPS) is 14.2. The molecular formula is C13H17NO2. The maximum Gasteiger partial charge on any atom is 0.251 e. The standard InChI is InChI=1S/C13H17NO2/c1-2-3-8-16-11-4-5-12-10(9-11)6-7-14-13(12)15/h4-5,9H,2-3,6-8H2,1H3,(H,14,15). The van der Waals surface area contributed by atoms with Gasteiger partial charge in [-0.05, 0) is 36.6 Å². The van der Waals surface area contributed by atoms with Gasteiger partial charge in [0.15, 0.2) is 0 Å². The number of amides is 1. The molecule has 86 valence electrons. The molecule has 0 fully saturated rings. The molecule has 0 aromatic heterocycles. The smallest absolute Gasteiger partial charge is 0.251 e. The predicted molar refractivity (Wildman–Crippen MR) is 62.9 cm³/mol. The second-order valence-electron chi connectivity index (χ2n) is 4.03. The van der Waals surface area contributed by atoms with E-state index in [2.05, 4.69) is 12.2 Å². The van der Waals surface area contributed by atoms with Crippen molar-refractivity contribution in [3.63, 3.8) is 0 Å². The molecule has 16 heavy (non-hydrogen) atoms. The van der Waals surface area contributed by atoms with E-state index in [1.54, 1.807) is 0 Å². The fraction of sp³-hybridized carbons (Fsp3) is 0.462. The van der Waals surface area contributed by atoms with Gasteiger partial charge in [0.2, 0.25) is 0 Å². The van der Waals surface area contributed by atoms with Gasteiger partial charge in [-0.2, -0.15) is 0 Å². The third kappa shape index (κ3) is 2.35. The van der Waals surface area contributed by atoms with E-state index >= 15 is 0 Å². The summed E-state index contributed by atoms with van der Waals surface area (Å²) in [5.74, 6) is 0.906. The highest BCUT2D eigenvalue weighted by molar-refractivity contribution is 5.96. The lowest BCUT2D eigenvalue weighted by Crippen LogP contribution is -2.31. The molecule has 1 N–H and O–H groups in total. The number of benzene rings is 1. The molecule has 0 saturated carbocycles. The van der Waals surface area contributed by atoms with E-state index in [-0.39, 0.29) is 5.91 Å². The Morgan fingerprint density at radius 3 is 3.12 bits per heavy atom. The van der Waals surface area contributed by atoms with E-state index in [1.165, 1.54) is 0 Å². The Morgan fingerprint density at radius 2 is 2.31 bits per heavy atom. The number of fused-ring (bicyclic) bond motifs is 1. The van der Waals surface area contributed by atoms with Gasteiger partial charge in [0.1, 0.15) is 5.75 Å². The van der Waals surface area contributed by atoms with Crippen molar-refractivity contribution in [2.45, 2.75) is 26.2 Å². The zero-order chi connectivity index (χ0) is 11.4. The number of carbonyl (C=O) groups is 1. The zero-order valence-corrected chi connectivity index (χ0v) is 9.58. The summed E-state index contributed by atoms with van der Waals surface area (Å²) in [6, 6.07) is 5.72. The Hall–Kier alpha value is -1.51. The lowest BCUT2D eigenvalue weighted by molar-refractivity contribution is 0.0946. The van der Waals surface area contributed by atoms with Crippen LogP contribution in [0.2, 0.25) is 0 Å². The topological polar surface area (TPSA) is 38.3 Å². The largest absolute Gasteiger partial charge is 0.494 e. The van der Waals surface area contributed by atoms with Gasteiger partial charge in [0.05, 0.1) is 6.61 Å². The van der Waals surface area contributed by atoms with E-state index in [1.807, 2.05) is 18.2 Å².